The van der Waals surface area contributed by atoms with Crippen LogP contribution < -0.4 is 9.47 Å². The molecule has 0 fully saturated rings. The largest absolute Gasteiger partial charge is 0.496 e. The monoisotopic (exact) mass is 438 g/mol. The molecule has 6 nitrogen and oxygen atoms in total. The number of ketones is 1. The summed E-state index contributed by atoms with van der Waals surface area (Å²) in [5.41, 5.74) is 2.68. The second-order valence-electron chi connectivity index (χ2n) is 8.50. The van der Waals surface area contributed by atoms with Crippen LogP contribution in [0.2, 0.25) is 0 Å². The highest BCUT2D eigenvalue weighted by Crippen LogP contribution is 2.47. The Bertz CT molecular complexity index is 1050. The average Bonchev–Trinajstić information content (AvgIpc) is 2.75. The summed E-state index contributed by atoms with van der Waals surface area (Å²) in [7, 11) is 1.51. The molecule has 0 radical (unpaired) electrons. The summed E-state index contributed by atoms with van der Waals surface area (Å²) in [5, 5.41) is 32.6. The molecule has 0 amide bonds. The van der Waals surface area contributed by atoms with Crippen molar-refractivity contribution in [1.82, 2.24) is 0 Å². The molecule has 2 unspecified atom stereocenters. The third kappa shape index (κ3) is 4.09. The fourth-order valence-electron chi connectivity index (χ4n) is 3.86. The smallest absolute Gasteiger partial charge is 0.301 e. The zero-order valence-corrected chi connectivity index (χ0v) is 18.9. The van der Waals surface area contributed by atoms with Crippen molar-refractivity contribution >= 4 is 5.78 Å². The fourth-order valence-corrected chi connectivity index (χ4v) is 3.86. The number of benzene rings is 2. The number of fused-ring (bicyclic) bond motifs is 1. The van der Waals surface area contributed by atoms with Crippen molar-refractivity contribution in [2.45, 2.75) is 45.2 Å². The van der Waals surface area contributed by atoms with Gasteiger partial charge in [-0.15, -0.1) is 0 Å². The third-order valence-corrected chi connectivity index (χ3v) is 5.84. The maximum Gasteiger partial charge on any atom is 0.301 e. The summed E-state index contributed by atoms with van der Waals surface area (Å²) in [6, 6.07) is 10.9. The number of hydrogen-bond acceptors (Lipinski definition) is 6. The van der Waals surface area contributed by atoms with Gasteiger partial charge in [0.2, 0.25) is 5.78 Å². The van der Waals surface area contributed by atoms with Gasteiger partial charge in [0, 0.05) is 11.1 Å². The lowest BCUT2D eigenvalue weighted by Crippen LogP contribution is -2.63. The number of Topliss-reactive ketones (excluding diaryl/α,β-unsaturated/α-hetero) is 1. The van der Waals surface area contributed by atoms with Crippen LogP contribution in [0, 0.1) is 5.92 Å². The molecule has 0 saturated carbocycles. The molecule has 32 heavy (non-hydrogen) atoms. The summed E-state index contributed by atoms with van der Waals surface area (Å²) in [5.74, 6) is -6.36. The zero-order chi connectivity index (χ0) is 23.7. The van der Waals surface area contributed by atoms with Crippen molar-refractivity contribution in [1.29, 1.82) is 0 Å². The lowest BCUT2D eigenvalue weighted by atomic mass is 9.83. The highest BCUT2D eigenvalue weighted by Gasteiger charge is 2.62. The summed E-state index contributed by atoms with van der Waals surface area (Å²) in [6.07, 6.45) is 3.26. The minimum atomic E-state index is -3.18. The van der Waals surface area contributed by atoms with E-state index in [2.05, 4.69) is 12.7 Å². The highest BCUT2D eigenvalue weighted by molar-refractivity contribution is 6.05. The van der Waals surface area contributed by atoms with Crippen LogP contribution in [0.15, 0.2) is 66.3 Å². The Balaban J connectivity index is 2.17. The summed E-state index contributed by atoms with van der Waals surface area (Å²) < 4.78 is 11.4. The molecular weight excluding hydrogens is 408 g/mol. The second kappa shape index (κ2) is 8.90. The van der Waals surface area contributed by atoms with Gasteiger partial charge in [0.05, 0.1) is 12.7 Å². The topological polar surface area (TPSA) is 96.2 Å². The first kappa shape index (κ1) is 23.7. The number of methoxy groups -OCH3 is 1. The van der Waals surface area contributed by atoms with Gasteiger partial charge in [-0.05, 0) is 51.7 Å². The highest BCUT2D eigenvalue weighted by atomic mass is 16.7. The van der Waals surface area contributed by atoms with E-state index in [1.807, 2.05) is 20.8 Å². The molecular formula is C26H30O6. The van der Waals surface area contributed by atoms with Crippen LogP contribution in [-0.2, 0) is 12.2 Å². The molecule has 0 saturated heterocycles. The van der Waals surface area contributed by atoms with Crippen molar-refractivity contribution in [3.8, 4) is 11.5 Å². The summed E-state index contributed by atoms with van der Waals surface area (Å²) in [4.78, 5) is 13.1. The SMILES string of the molecule is C=C(C)C(CC=C(C)C)Cc1c(OC)ccc2c1OC(O)(c1ccccc1)C(O)(O)C2=O. The van der Waals surface area contributed by atoms with Crippen LogP contribution in [0.3, 0.4) is 0 Å². The van der Waals surface area contributed by atoms with E-state index in [0.717, 1.165) is 12.0 Å². The molecule has 0 aromatic heterocycles. The Hall–Kier alpha value is -2.93. The van der Waals surface area contributed by atoms with Gasteiger partial charge >= 0.3 is 5.79 Å². The van der Waals surface area contributed by atoms with E-state index < -0.39 is 17.4 Å². The first-order valence-corrected chi connectivity index (χ1v) is 10.5. The van der Waals surface area contributed by atoms with Gasteiger partial charge < -0.3 is 24.8 Å². The number of aliphatic hydroxyl groups is 3. The van der Waals surface area contributed by atoms with E-state index in [-0.39, 0.29) is 22.8 Å². The first-order chi connectivity index (χ1) is 15.0. The van der Waals surface area contributed by atoms with Gasteiger partial charge in [0.15, 0.2) is 0 Å². The Labute approximate surface area is 188 Å². The van der Waals surface area contributed by atoms with Crippen molar-refractivity contribution in [2.24, 2.45) is 5.92 Å². The third-order valence-electron chi connectivity index (χ3n) is 5.84. The number of rotatable bonds is 7. The van der Waals surface area contributed by atoms with Gasteiger partial charge in [-0.3, -0.25) is 4.79 Å². The molecule has 2 aromatic rings. The van der Waals surface area contributed by atoms with Crippen LogP contribution in [0.4, 0.5) is 0 Å². The van der Waals surface area contributed by atoms with Crippen LogP contribution in [0.25, 0.3) is 0 Å². The van der Waals surface area contributed by atoms with Crippen LogP contribution in [-0.4, -0.2) is 34.0 Å². The van der Waals surface area contributed by atoms with Crippen molar-refractivity contribution in [3.05, 3.63) is 83.0 Å². The van der Waals surface area contributed by atoms with E-state index in [1.165, 1.54) is 30.9 Å². The molecule has 170 valence electrons. The predicted molar refractivity (Wildman–Crippen MR) is 122 cm³/mol. The van der Waals surface area contributed by atoms with Crippen molar-refractivity contribution in [3.63, 3.8) is 0 Å². The number of carbonyl (C=O) groups excluding carboxylic acids is 1. The Kier molecular flexibility index (Phi) is 6.60. The fraction of sp³-hybridized carbons (Fsp3) is 0.346. The molecule has 3 rings (SSSR count). The van der Waals surface area contributed by atoms with E-state index in [4.69, 9.17) is 9.47 Å². The van der Waals surface area contributed by atoms with Gasteiger partial charge in [0.25, 0.3) is 5.79 Å². The maximum atomic E-state index is 13.1. The Morgan fingerprint density at radius 3 is 2.34 bits per heavy atom. The maximum absolute atomic E-state index is 13.1. The molecule has 3 N–H and O–H groups in total. The minimum Gasteiger partial charge on any atom is -0.496 e. The Morgan fingerprint density at radius 1 is 1.12 bits per heavy atom. The van der Waals surface area contributed by atoms with Crippen LogP contribution >= 0.6 is 0 Å². The number of hydrogen-bond donors (Lipinski definition) is 3. The molecule has 6 heteroatoms. The molecule has 0 aliphatic carbocycles. The standard InChI is InChI=1S/C26H30O6/c1-16(2)11-12-18(17(3)4)15-21-22(31-5)14-13-20-23(21)32-26(30,25(28,29)24(20)27)19-9-7-6-8-10-19/h6-11,13-14,18,28-30H,3,12,15H2,1-2,4-5H3. The molecule has 0 bridgehead atoms. The number of carbonyl (C=O) groups is 1. The second-order valence-corrected chi connectivity index (χ2v) is 8.50. The van der Waals surface area contributed by atoms with Gasteiger partial charge in [-0.1, -0.05) is 54.1 Å². The lowest BCUT2D eigenvalue weighted by Gasteiger charge is -2.43. The van der Waals surface area contributed by atoms with Crippen molar-refractivity contribution in [2.75, 3.05) is 7.11 Å². The van der Waals surface area contributed by atoms with E-state index in [0.29, 0.717) is 17.7 Å². The molecule has 0 spiro atoms. The predicted octanol–water partition coefficient (Wildman–Crippen LogP) is 3.89. The van der Waals surface area contributed by atoms with Gasteiger partial charge in [-0.25, -0.2) is 0 Å². The van der Waals surface area contributed by atoms with Gasteiger partial charge in [-0.2, -0.15) is 0 Å². The minimum absolute atomic E-state index is 0.0174. The summed E-state index contributed by atoms with van der Waals surface area (Å²) in [6.45, 7) is 10.1. The lowest BCUT2D eigenvalue weighted by molar-refractivity contribution is -0.328. The normalized spacial score (nSPS) is 20.0. The molecule has 1 aliphatic rings. The van der Waals surface area contributed by atoms with Crippen LogP contribution in [0.1, 0.15) is 48.7 Å². The average molecular weight is 439 g/mol. The van der Waals surface area contributed by atoms with E-state index in [9.17, 15) is 20.1 Å². The number of allylic oxidation sites excluding steroid dienone is 3. The molecule has 1 heterocycles. The van der Waals surface area contributed by atoms with Gasteiger partial charge in [0.1, 0.15) is 11.5 Å². The van der Waals surface area contributed by atoms with E-state index in [1.54, 1.807) is 24.3 Å². The number of ether oxygens (including phenoxy) is 2. The quantitative estimate of drug-likeness (QED) is 0.448. The zero-order valence-electron chi connectivity index (χ0n) is 18.9. The first-order valence-electron chi connectivity index (χ1n) is 10.5. The molecule has 1 aliphatic heterocycles. The molecule has 2 atom stereocenters. The summed E-state index contributed by atoms with van der Waals surface area (Å²) >= 11 is 0. The van der Waals surface area contributed by atoms with Crippen molar-refractivity contribution < 1.29 is 29.6 Å². The van der Waals surface area contributed by atoms with Crippen LogP contribution in [0.5, 0.6) is 11.5 Å². The molecule has 2 aromatic carbocycles. The van der Waals surface area contributed by atoms with E-state index >= 15 is 0 Å². The Morgan fingerprint density at radius 2 is 1.78 bits per heavy atom.